The van der Waals surface area contributed by atoms with Crippen LogP contribution in [0, 0.1) is 5.92 Å². The minimum Gasteiger partial charge on any atom is -0.497 e. The molecule has 2 heteroatoms. The van der Waals surface area contributed by atoms with Crippen LogP contribution in [0.3, 0.4) is 0 Å². The van der Waals surface area contributed by atoms with Crippen molar-refractivity contribution in [3.63, 3.8) is 0 Å². The highest BCUT2D eigenvalue weighted by Gasteiger charge is 2.30. The number of Topliss-reactive ketones (excluding diaryl/α,β-unsaturated/α-hetero) is 1. The molecular weight excluding hydrogens is 200 g/mol. The van der Waals surface area contributed by atoms with Crippen LogP contribution in [0.1, 0.15) is 37.7 Å². The summed E-state index contributed by atoms with van der Waals surface area (Å²) in [6, 6.07) is 8.28. The lowest BCUT2D eigenvalue weighted by Gasteiger charge is -2.35. The molecule has 0 atom stereocenters. The number of hydrogen-bond acceptors (Lipinski definition) is 2. The van der Waals surface area contributed by atoms with Crippen molar-refractivity contribution in [2.45, 2.75) is 32.1 Å². The number of carbonyl (C=O) groups is 1. The second-order valence-electron chi connectivity index (χ2n) is 4.71. The van der Waals surface area contributed by atoms with Crippen molar-refractivity contribution in [3.05, 3.63) is 29.8 Å². The number of ketones is 1. The zero-order valence-corrected chi connectivity index (χ0v) is 9.90. The Morgan fingerprint density at radius 3 is 2.44 bits per heavy atom. The van der Waals surface area contributed by atoms with Crippen molar-refractivity contribution in [2.24, 2.45) is 5.92 Å². The van der Waals surface area contributed by atoms with Crippen LogP contribution >= 0.6 is 0 Å². The number of ether oxygens (including phenoxy) is 1. The molecule has 86 valence electrons. The van der Waals surface area contributed by atoms with Gasteiger partial charge in [0.1, 0.15) is 11.5 Å². The van der Waals surface area contributed by atoms with Gasteiger partial charge in [0.25, 0.3) is 0 Å². The minimum absolute atomic E-state index is 0.318. The van der Waals surface area contributed by atoms with Gasteiger partial charge in [-0.2, -0.15) is 0 Å². The Kier molecular flexibility index (Phi) is 3.28. The first-order chi connectivity index (χ1) is 7.69. The molecule has 0 unspecified atom stereocenters. The van der Waals surface area contributed by atoms with Crippen LogP contribution in [0.25, 0.3) is 0 Å². The zero-order valence-electron chi connectivity index (χ0n) is 9.90. The highest BCUT2D eigenvalue weighted by molar-refractivity contribution is 5.75. The van der Waals surface area contributed by atoms with Crippen molar-refractivity contribution in [1.82, 2.24) is 0 Å². The molecule has 0 saturated heterocycles. The van der Waals surface area contributed by atoms with Gasteiger partial charge in [-0.25, -0.2) is 0 Å². The van der Waals surface area contributed by atoms with E-state index >= 15 is 0 Å². The lowest BCUT2D eigenvalue weighted by atomic mass is 9.69. The van der Waals surface area contributed by atoms with Crippen LogP contribution in [0.2, 0.25) is 0 Å². The SMILES string of the molecule is COc1ccc(C2CC(CC(C)=O)C2)cc1. The fraction of sp³-hybridized carbons (Fsp3) is 0.500. The minimum atomic E-state index is 0.318. The molecule has 0 aromatic heterocycles. The normalized spacial score (nSPS) is 23.6. The van der Waals surface area contributed by atoms with Crippen LogP contribution < -0.4 is 4.74 Å². The van der Waals surface area contributed by atoms with Crippen LogP contribution in [0.15, 0.2) is 24.3 Å². The van der Waals surface area contributed by atoms with E-state index in [0.717, 1.165) is 25.0 Å². The zero-order chi connectivity index (χ0) is 11.5. The quantitative estimate of drug-likeness (QED) is 0.776. The first-order valence-electron chi connectivity index (χ1n) is 5.82. The maximum atomic E-state index is 11.0. The second kappa shape index (κ2) is 4.69. The Morgan fingerprint density at radius 1 is 1.31 bits per heavy atom. The Balaban J connectivity index is 1.88. The number of rotatable bonds is 4. The molecule has 1 aliphatic rings. The summed E-state index contributed by atoms with van der Waals surface area (Å²) in [6.07, 6.45) is 3.07. The molecule has 1 aromatic carbocycles. The van der Waals surface area contributed by atoms with E-state index in [-0.39, 0.29) is 0 Å². The number of carbonyl (C=O) groups excluding carboxylic acids is 1. The van der Waals surface area contributed by atoms with E-state index in [4.69, 9.17) is 4.74 Å². The monoisotopic (exact) mass is 218 g/mol. The molecule has 0 aliphatic heterocycles. The molecule has 0 heterocycles. The van der Waals surface area contributed by atoms with Crippen molar-refractivity contribution >= 4 is 5.78 Å². The van der Waals surface area contributed by atoms with Gasteiger partial charge in [0, 0.05) is 6.42 Å². The molecule has 0 radical (unpaired) electrons. The first kappa shape index (κ1) is 11.2. The van der Waals surface area contributed by atoms with Gasteiger partial charge in [-0.05, 0) is 49.3 Å². The van der Waals surface area contributed by atoms with Gasteiger partial charge >= 0.3 is 0 Å². The first-order valence-corrected chi connectivity index (χ1v) is 5.82. The fourth-order valence-electron chi connectivity index (χ4n) is 2.46. The van der Waals surface area contributed by atoms with Crippen molar-refractivity contribution in [1.29, 1.82) is 0 Å². The van der Waals surface area contributed by atoms with Crippen molar-refractivity contribution in [3.8, 4) is 5.75 Å². The summed E-state index contributed by atoms with van der Waals surface area (Å²) < 4.78 is 5.13. The van der Waals surface area contributed by atoms with E-state index < -0.39 is 0 Å². The van der Waals surface area contributed by atoms with Crippen LogP contribution in [0.5, 0.6) is 5.75 Å². The number of benzene rings is 1. The number of hydrogen-bond donors (Lipinski definition) is 0. The molecule has 0 spiro atoms. The Labute approximate surface area is 96.6 Å². The third-order valence-electron chi connectivity index (χ3n) is 3.40. The molecule has 1 aliphatic carbocycles. The Bertz CT molecular complexity index is 361. The Hall–Kier alpha value is -1.31. The van der Waals surface area contributed by atoms with E-state index in [1.54, 1.807) is 14.0 Å². The average molecular weight is 218 g/mol. The van der Waals surface area contributed by atoms with Crippen molar-refractivity contribution in [2.75, 3.05) is 7.11 Å². The summed E-state index contributed by atoms with van der Waals surface area (Å²) >= 11 is 0. The van der Waals surface area contributed by atoms with Gasteiger partial charge in [0.05, 0.1) is 7.11 Å². The third kappa shape index (κ3) is 2.43. The van der Waals surface area contributed by atoms with Gasteiger partial charge in [-0.15, -0.1) is 0 Å². The summed E-state index contributed by atoms with van der Waals surface area (Å²) in [4.78, 5) is 11.0. The third-order valence-corrected chi connectivity index (χ3v) is 3.40. The summed E-state index contributed by atoms with van der Waals surface area (Å²) in [5.74, 6) is 2.49. The molecule has 1 fully saturated rings. The molecular formula is C14H18O2. The lowest BCUT2D eigenvalue weighted by Crippen LogP contribution is -2.23. The average Bonchev–Trinajstić information content (AvgIpc) is 2.23. The molecule has 0 N–H and O–H groups in total. The van der Waals surface area contributed by atoms with Crippen molar-refractivity contribution < 1.29 is 9.53 Å². The standard InChI is InChI=1S/C14H18O2/c1-10(15)7-11-8-13(9-11)12-3-5-14(16-2)6-4-12/h3-6,11,13H,7-9H2,1-2H3. The van der Waals surface area contributed by atoms with Crippen LogP contribution in [-0.4, -0.2) is 12.9 Å². The van der Waals surface area contributed by atoms with E-state index in [9.17, 15) is 4.79 Å². The molecule has 16 heavy (non-hydrogen) atoms. The van der Waals surface area contributed by atoms with Gasteiger partial charge in [0.2, 0.25) is 0 Å². The molecule has 2 rings (SSSR count). The molecule has 2 nitrogen and oxygen atoms in total. The maximum Gasteiger partial charge on any atom is 0.130 e. The summed E-state index contributed by atoms with van der Waals surface area (Å²) in [5, 5.41) is 0. The molecule has 1 aromatic rings. The largest absolute Gasteiger partial charge is 0.497 e. The smallest absolute Gasteiger partial charge is 0.130 e. The topological polar surface area (TPSA) is 26.3 Å². The lowest BCUT2D eigenvalue weighted by molar-refractivity contribution is -0.118. The van der Waals surface area contributed by atoms with E-state index in [1.165, 1.54) is 5.56 Å². The molecule has 0 bridgehead atoms. The van der Waals surface area contributed by atoms with Gasteiger partial charge in [0.15, 0.2) is 0 Å². The van der Waals surface area contributed by atoms with Crippen LogP contribution in [-0.2, 0) is 4.79 Å². The summed E-state index contributed by atoms with van der Waals surface area (Å²) in [5.41, 5.74) is 1.38. The Morgan fingerprint density at radius 2 is 1.94 bits per heavy atom. The predicted octanol–water partition coefficient (Wildman–Crippen LogP) is 3.17. The number of methoxy groups -OCH3 is 1. The summed E-state index contributed by atoms with van der Waals surface area (Å²) in [7, 11) is 1.68. The molecule has 1 saturated carbocycles. The van der Waals surface area contributed by atoms with Gasteiger partial charge in [-0.3, -0.25) is 0 Å². The van der Waals surface area contributed by atoms with Crippen LogP contribution in [0.4, 0.5) is 0 Å². The second-order valence-corrected chi connectivity index (χ2v) is 4.71. The van der Waals surface area contributed by atoms with Gasteiger partial charge in [-0.1, -0.05) is 12.1 Å². The van der Waals surface area contributed by atoms with Gasteiger partial charge < -0.3 is 9.53 Å². The highest BCUT2D eigenvalue weighted by Crippen LogP contribution is 2.43. The summed E-state index contributed by atoms with van der Waals surface area (Å²) in [6.45, 7) is 1.68. The van der Waals surface area contributed by atoms with E-state index in [1.807, 2.05) is 12.1 Å². The fourth-order valence-corrected chi connectivity index (χ4v) is 2.46. The predicted molar refractivity (Wildman–Crippen MR) is 63.8 cm³/mol. The van der Waals surface area contributed by atoms with E-state index in [2.05, 4.69) is 12.1 Å². The maximum absolute atomic E-state index is 11.0. The highest BCUT2D eigenvalue weighted by atomic mass is 16.5. The van der Waals surface area contributed by atoms with E-state index in [0.29, 0.717) is 17.6 Å². The molecule has 0 amide bonds.